The van der Waals surface area contributed by atoms with Crippen molar-refractivity contribution in [2.24, 2.45) is 0 Å². The van der Waals surface area contributed by atoms with E-state index in [4.69, 9.17) is 4.74 Å². The Kier molecular flexibility index (Phi) is 19.2. The molecule has 0 saturated carbocycles. The van der Waals surface area contributed by atoms with Gasteiger partial charge in [0.1, 0.15) is 9.99 Å². The normalized spacial score (nSPS) is 13.2. The van der Waals surface area contributed by atoms with Crippen LogP contribution in [0.15, 0.2) is 0 Å². The SMILES string of the molecule is CCCCCCCCCCCC[C@H](C#N)OC(=O)[C@H](I)CCCCCC. The zero-order valence-electron chi connectivity index (χ0n) is 17.1. The fraction of sp³-hybridized carbons (Fsp3) is 0.909. The van der Waals surface area contributed by atoms with Crippen LogP contribution in [0.2, 0.25) is 0 Å². The molecule has 0 rings (SSSR count). The predicted molar refractivity (Wildman–Crippen MR) is 119 cm³/mol. The van der Waals surface area contributed by atoms with Gasteiger partial charge in [-0.05, 0) is 19.3 Å². The van der Waals surface area contributed by atoms with Crippen LogP contribution in [0.1, 0.15) is 117 Å². The Labute approximate surface area is 175 Å². The number of alkyl halides is 1. The highest BCUT2D eigenvalue weighted by Gasteiger charge is 2.20. The Bertz CT molecular complexity index is 368. The number of esters is 1. The first kappa shape index (κ1) is 25.7. The summed E-state index contributed by atoms with van der Waals surface area (Å²) in [6, 6.07) is 2.15. The highest BCUT2D eigenvalue weighted by Crippen LogP contribution is 2.17. The molecule has 26 heavy (non-hydrogen) atoms. The zero-order chi connectivity index (χ0) is 19.5. The van der Waals surface area contributed by atoms with E-state index >= 15 is 0 Å². The van der Waals surface area contributed by atoms with Gasteiger partial charge in [0.05, 0.1) is 0 Å². The Balaban J connectivity index is 3.66. The van der Waals surface area contributed by atoms with Gasteiger partial charge in [0.2, 0.25) is 0 Å². The monoisotopic (exact) mass is 477 g/mol. The Morgan fingerprint density at radius 2 is 1.23 bits per heavy atom. The summed E-state index contributed by atoms with van der Waals surface area (Å²) in [5.41, 5.74) is 0. The van der Waals surface area contributed by atoms with E-state index in [1.54, 1.807) is 0 Å². The molecular formula is C22H40INO2. The molecule has 0 aromatic carbocycles. The van der Waals surface area contributed by atoms with Gasteiger partial charge >= 0.3 is 5.97 Å². The molecule has 0 N–H and O–H groups in total. The van der Waals surface area contributed by atoms with Crippen molar-refractivity contribution >= 4 is 28.6 Å². The van der Waals surface area contributed by atoms with Gasteiger partial charge in [-0.3, -0.25) is 4.79 Å². The van der Waals surface area contributed by atoms with Crippen molar-refractivity contribution < 1.29 is 9.53 Å². The molecule has 0 spiro atoms. The molecule has 0 aromatic heterocycles. The van der Waals surface area contributed by atoms with Gasteiger partial charge in [0, 0.05) is 0 Å². The van der Waals surface area contributed by atoms with Crippen LogP contribution in [-0.4, -0.2) is 16.0 Å². The average Bonchev–Trinajstić information content (AvgIpc) is 2.65. The molecular weight excluding hydrogens is 437 g/mol. The molecule has 0 unspecified atom stereocenters. The second-order valence-corrected chi connectivity index (χ2v) is 8.85. The van der Waals surface area contributed by atoms with E-state index in [0.29, 0.717) is 6.42 Å². The molecule has 0 aliphatic carbocycles. The minimum absolute atomic E-state index is 0.118. The summed E-state index contributed by atoms with van der Waals surface area (Å²) in [5, 5.41) is 9.22. The first-order valence-corrected chi connectivity index (χ1v) is 12.1. The molecule has 0 heterocycles. The molecule has 0 amide bonds. The van der Waals surface area contributed by atoms with E-state index < -0.39 is 6.10 Å². The van der Waals surface area contributed by atoms with E-state index in [-0.39, 0.29) is 9.89 Å². The average molecular weight is 477 g/mol. The van der Waals surface area contributed by atoms with Crippen LogP contribution >= 0.6 is 22.6 Å². The highest BCUT2D eigenvalue weighted by atomic mass is 127. The number of unbranched alkanes of at least 4 members (excludes halogenated alkanes) is 12. The van der Waals surface area contributed by atoms with E-state index in [9.17, 15) is 10.1 Å². The minimum Gasteiger partial charge on any atom is -0.446 e. The van der Waals surface area contributed by atoms with Crippen LogP contribution < -0.4 is 0 Å². The summed E-state index contributed by atoms with van der Waals surface area (Å²) >= 11 is 2.16. The number of rotatable bonds is 18. The van der Waals surface area contributed by atoms with E-state index in [1.807, 2.05) is 0 Å². The lowest BCUT2D eigenvalue weighted by atomic mass is 10.0. The van der Waals surface area contributed by atoms with Gasteiger partial charge in [-0.25, -0.2) is 0 Å². The van der Waals surface area contributed by atoms with Gasteiger partial charge in [0.15, 0.2) is 6.10 Å². The standard InChI is InChI=1S/C22H40INO2/c1-3-5-7-9-10-11-12-13-14-15-17-20(19-24)26-22(25)21(23)18-16-8-6-4-2/h20-21H,3-18H2,1-2H3/t20-,21-/m1/s1. The number of nitriles is 1. The highest BCUT2D eigenvalue weighted by molar-refractivity contribution is 14.1. The predicted octanol–water partition coefficient (Wildman–Crippen LogP) is 7.51. The van der Waals surface area contributed by atoms with E-state index in [0.717, 1.165) is 25.7 Å². The molecule has 0 bridgehead atoms. The second kappa shape index (κ2) is 19.5. The van der Waals surface area contributed by atoms with Crippen LogP contribution in [0, 0.1) is 11.3 Å². The van der Waals surface area contributed by atoms with Gasteiger partial charge in [0.25, 0.3) is 0 Å². The van der Waals surface area contributed by atoms with E-state index in [1.165, 1.54) is 70.6 Å². The maximum atomic E-state index is 12.1. The molecule has 4 heteroatoms. The molecule has 0 aromatic rings. The first-order chi connectivity index (χ1) is 12.7. The molecule has 0 radical (unpaired) electrons. The number of halogens is 1. The number of hydrogen-bond donors (Lipinski definition) is 0. The first-order valence-electron chi connectivity index (χ1n) is 10.9. The van der Waals surface area contributed by atoms with Crippen LogP contribution in [0.25, 0.3) is 0 Å². The summed E-state index contributed by atoms with van der Waals surface area (Å²) in [7, 11) is 0. The summed E-state index contributed by atoms with van der Waals surface area (Å²) in [4.78, 5) is 12.1. The fourth-order valence-corrected chi connectivity index (χ4v) is 3.64. The van der Waals surface area contributed by atoms with Crippen molar-refractivity contribution in [3.8, 4) is 6.07 Å². The molecule has 0 saturated heterocycles. The van der Waals surface area contributed by atoms with Crippen molar-refractivity contribution in [3.05, 3.63) is 0 Å². The number of hydrogen-bond acceptors (Lipinski definition) is 3. The van der Waals surface area contributed by atoms with Gasteiger partial charge < -0.3 is 4.74 Å². The lowest BCUT2D eigenvalue weighted by molar-refractivity contribution is -0.145. The van der Waals surface area contributed by atoms with Crippen LogP contribution in [-0.2, 0) is 9.53 Å². The van der Waals surface area contributed by atoms with Crippen LogP contribution in [0.4, 0.5) is 0 Å². The smallest absolute Gasteiger partial charge is 0.320 e. The minimum atomic E-state index is -0.565. The molecule has 0 fully saturated rings. The lowest BCUT2D eigenvalue weighted by Crippen LogP contribution is -2.23. The maximum Gasteiger partial charge on any atom is 0.320 e. The summed E-state index contributed by atoms with van der Waals surface area (Å²) in [6.45, 7) is 4.43. The van der Waals surface area contributed by atoms with Crippen molar-refractivity contribution in [2.45, 2.75) is 127 Å². The lowest BCUT2D eigenvalue weighted by Gasteiger charge is -2.14. The Morgan fingerprint density at radius 1 is 0.808 bits per heavy atom. The van der Waals surface area contributed by atoms with Crippen molar-refractivity contribution in [1.29, 1.82) is 5.26 Å². The molecule has 0 aliphatic heterocycles. The molecule has 152 valence electrons. The van der Waals surface area contributed by atoms with Gasteiger partial charge in [-0.1, -0.05) is 120 Å². The molecule has 2 atom stereocenters. The largest absolute Gasteiger partial charge is 0.446 e. The number of nitrogens with zero attached hydrogens (tertiary/aromatic N) is 1. The quantitative estimate of drug-likeness (QED) is 0.0889. The molecule has 0 aliphatic rings. The van der Waals surface area contributed by atoms with E-state index in [2.05, 4.69) is 42.5 Å². The summed E-state index contributed by atoms with van der Waals surface area (Å²) in [6.07, 6.45) is 18.4. The number of carbonyl (C=O) groups is 1. The topological polar surface area (TPSA) is 50.1 Å². The van der Waals surface area contributed by atoms with Crippen LogP contribution in [0.5, 0.6) is 0 Å². The molecule has 3 nitrogen and oxygen atoms in total. The van der Waals surface area contributed by atoms with Crippen molar-refractivity contribution in [1.82, 2.24) is 0 Å². The third kappa shape index (κ3) is 15.9. The summed E-state index contributed by atoms with van der Waals surface area (Å²) in [5.74, 6) is -0.208. The zero-order valence-corrected chi connectivity index (χ0v) is 19.3. The van der Waals surface area contributed by atoms with Gasteiger partial charge in [-0.2, -0.15) is 5.26 Å². The number of ether oxygens (including phenoxy) is 1. The van der Waals surface area contributed by atoms with Gasteiger partial charge in [-0.15, -0.1) is 0 Å². The summed E-state index contributed by atoms with van der Waals surface area (Å²) < 4.78 is 5.28. The van der Waals surface area contributed by atoms with Crippen molar-refractivity contribution in [2.75, 3.05) is 0 Å². The maximum absolute atomic E-state index is 12.1. The van der Waals surface area contributed by atoms with Crippen LogP contribution in [0.3, 0.4) is 0 Å². The third-order valence-electron chi connectivity index (χ3n) is 4.79. The number of carbonyl (C=O) groups excluding carboxylic acids is 1. The third-order valence-corrected chi connectivity index (χ3v) is 5.92. The Morgan fingerprint density at radius 3 is 1.73 bits per heavy atom. The fourth-order valence-electron chi connectivity index (χ4n) is 3.05. The Hall–Kier alpha value is -0.310. The van der Waals surface area contributed by atoms with Crippen molar-refractivity contribution in [3.63, 3.8) is 0 Å². The second-order valence-electron chi connectivity index (χ2n) is 7.34.